The molecule has 0 saturated carbocycles. The molecule has 1 spiro atoms. The molecule has 5 heteroatoms. The second-order valence-corrected chi connectivity index (χ2v) is 6.81. The molecule has 2 heterocycles. The van der Waals surface area contributed by atoms with Crippen molar-refractivity contribution in [1.82, 2.24) is 0 Å². The third kappa shape index (κ3) is 1.91. The summed E-state index contributed by atoms with van der Waals surface area (Å²) in [5.74, 6) is -0.446. The molecule has 0 bridgehead atoms. The Morgan fingerprint density at radius 2 is 2.17 bits per heavy atom. The van der Waals surface area contributed by atoms with Gasteiger partial charge in [0.15, 0.2) is 0 Å². The number of ether oxygens (including phenoxy) is 2. The van der Waals surface area contributed by atoms with Crippen LogP contribution in [0.4, 0.5) is 0 Å². The number of carbonyl (C=O) groups is 2. The fourth-order valence-corrected chi connectivity index (χ4v) is 4.70. The number of hydrogen-bond acceptors (Lipinski definition) is 5. The summed E-state index contributed by atoms with van der Waals surface area (Å²) in [6, 6.07) is 11.3. The van der Waals surface area contributed by atoms with E-state index in [0.29, 0.717) is 17.7 Å². The van der Waals surface area contributed by atoms with E-state index in [0.717, 1.165) is 10.4 Å². The molecule has 2 aliphatic rings. The van der Waals surface area contributed by atoms with Gasteiger partial charge < -0.3 is 9.47 Å². The molecule has 0 fully saturated rings. The SMILES string of the molecule is CCOC(=O)C1=CC[C@H](c2cccs2)[C@@]12C(=O)Oc1ccccc12. The highest BCUT2D eigenvalue weighted by Gasteiger charge is 2.61. The van der Waals surface area contributed by atoms with Crippen LogP contribution >= 0.6 is 11.3 Å². The molecular formula is C19H16O4S. The van der Waals surface area contributed by atoms with E-state index in [1.165, 1.54) is 0 Å². The number of fused-ring (bicyclic) bond motifs is 2. The van der Waals surface area contributed by atoms with Gasteiger partial charge in [0.2, 0.25) is 0 Å². The molecule has 122 valence electrons. The Morgan fingerprint density at radius 3 is 2.92 bits per heavy atom. The predicted molar refractivity (Wildman–Crippen MR) is 90.1 cm³/mol. The first-order valence-electron chi connectivity index (χ1n) is 7.92. The fraction of sp³-hybridized carbons (Fsp3) is 0.263. The number of esters is 2. The molecular weight excluding hydrogens is 324 g/mol. The smallest absolute Gasteiger partial charge is 0.335 e. The van der Waals surface area contributed by atoms with Crippen molar-refractivity contribution in [1.29, 1.82) is 0 Å². The quantitative estimate of drug-likeness (QED) is 0.633. The first kappa shape index (κ1) is 15.1. The minimum Gasteiger partial charge on any atom is -0.463 e. The van der Waals surface area contributed by atoms with Crippen molar-refractivity contribution in [3.63, 3.8) is 0 Å². The molecule has 1 aliphatic carbocycles. The summed E-state index contributed by atoms with van der Waals surface area (Å²) in [4.78, 5) is 26.7. The predicted octanol–water partition coefficient (Wildman–Crippen LogP) is 3.58. The molecule has 0 saturated heterocycles. The van der Waals surface area contributed by atoms with Crippen LogP contribution in [0, 0.1) is 0 Å². The Bertz CT molecular complexity index is 837. The van der Waals surface area contributed by atoms with Crippen LogP contribution in [0.25, 0.3) is 0 Å². The van der Waals surface area contributed by atoms with E-state index in [1.54, 1.807) is 24.3 Å². The maximum atomic E-state index is 13.0. The summed E-state index contributed by atoms with van der Waals surface area (Å²) >= 11 is 1.59. The van der Waals surface area contributed by atoms with Gasteiger partial charge in [-0.15, -0.1) is 11.3 Å². The zero-order chi connectivity index (χ0) is 16.7. The van der Waals surface area contributed by atoms with E-state index in [1.807, 2.05) is 41.8 Å². The van der Waals surface area contributed by atoms with Crippen molar-refractivity contribution >= 4 is 23.3 Å². The number of para-hydroxylation sites is 1. The average Bonchev–Trinajstić information content (AvgIpc) is 3.28. The summed E-state index contributed by atoms with van der Waals surface area (Å²) in [5, 5.41) is 1.98. The molecule has 2 atom stereocenters. The lowest BCUT2D eigenvalue weighted by Crippen LogP contribution is -2.41. The van der Waals surface area contributed by atoms with Crippen molar-refractivity contribution in [2.75, 3.05) is 6.61 Å². The van der Waals surface area contributed by atoms with Crippen molar-refractivity contribution in [2.24, 2.45) is 0 Å². The van der Waals surface area contributed by atoms with Gasteiger partial charge in [-0.05, 0) is 30.9 Å². The van der Waals surface area contributed by atoms with Gasteiger partial charge in [-0.25, -0.2) is 4.79 Å². The van der Waals surface area contributed by atoms with E-state index in [2.05, 4.69) is 0 Å². The van der Waals surface area contributed by atoms with Crippen molar-refractivity contribution in [2.45, 2.75) is 24.7 Å². The second-order valence-electron chi connectivity index (χ2n) is 5.84. The van der Waals surface area contributed by atoms with E-state index < -0.39 is 11.4 Å². The Hall–Kier alpha value is -2.40. The van der Waals surface area contributed by atoms with Crippen LogP contribution in [0.3, 0.4) is 0 Å². The summed E-state index contributed by atoms with van der Waals surface area (Å²) < 4.78 is 10.8. The van der Waals surface area contributed by atoms with Crippen LogP contribution < -0.4 is 4.74 Å². The highest BCUT2D eigenvalue weighted by atomic mass is 32.1. The maximum absolute atomic E-state index is 13.0. The minimum absolute atomic E-state index is 0.145. The van der Waals surface area contributed by atoms with Gasteiger partial charge in [0, 0.05) is 16.4 Å². The molecule has 2 aromatic rings. The average molecular weight is 340 g/mol. The Morgan fingerprint density at radius 1 is 1.33 bits per heavy atom. The Kier molecular flexibility index (Phi) is 3.53. The highest BCUT2D eigenvalue weighted by molar-refractivity contribution is 7.10. The standard InChI is InChI=1S/C19H16O4S/c1-2-22-17(20)14-10-9-13(16-8-5-11-24-16)19(14)12-6-3-4-7-15(12)23-18(19)21/h3-8,10-11,13H,2,9H2,1H3/t13-,19-/m1/s1. The monoisotopic (exact) mass is 340 g/mol. The molecule has 0 amide bonds. The number of allylic oxidation sites excluding steroid dienone is 1. The van der Waals surface area contributed by atoms with E-state index in [4.69, 9.17) is 9.47 Å². The van der Waals surface area contributed by atoms with Crippen molar-refractivity contribution in [3.8, 4) is 5.75 Å². The van der Waals surface area contributed by atoms with Crippen LogP contribution in [0.5, 0.6) is 5.75 Å². The molecule has 0 N–H and O–H groups in total. The number of carbonyl (C=O) groups excluding carboxylic acids is 2. The third-order valence-corrected chi connectivity index (χ3v) is 5.71. The van der Waals surface area contributed by atoms with Gasteiger partial charge in [0.1, 0.15) is 11.2 Å². The first-order chi connectivity index (χ1) is 11.7. The number of thiophene rings is 1. The fourth-order valence-electron chi connectivity index (χ4n) is 3.79. The number of hydrogen-bond donors (Lipinski definition) is 0. The van der Waals surface area contributed by atoms with Crippen LogP contribution in [0.15, 0.2) is 53.4 Å². The molecule has 4 rings (SSSR count). The maximum Gasteiger partial charge on any atom is 0.335 e. The zero-order valence-corrected chi connectivity index (χ0v) is 14.0. The van der Waals surface area contributed by atoms with Crippen LogP contribution in [0.2, 0.25) is 0 Å². The van der Waals surface area contributed by atoms with Crippen LogP contribution in [-0.2, 0) is 19.7 Å². The molecule has 4 nitrogen and oxygen atoms in total. The second kappa shape index (κ2) is 5.60. The summed E-state index contributed by atoms with van der Waals surface area (Å²) in [7, 11) is 0. The lowest BCUT2D eigenvalue weighted by atomic mass is 9.69. The van der Waals surface area contributed by atoms with Gasteiger partial charge in [0.05, 0.1) is 12.2 Å². The van der Waals surface area contributed by atoms with Gasteiger partial charge >= 0.3 is 11.9 Å². The largest absolute Gasteiger partial charge is 0.463 e. The van der Waals surface area contributed by atoms with E-state index in [9.17, 15) is 9.59 Å². The summed E-state index contributed by atoms with van der Waals surface area (Å²) in [6.07, 6.45) is 2.45. The summed E-state index contributed by atoms with van der Waals surface area (Å²) in [5.41, 5.74) is 0.0520. The van der Waals surface area contributed by atoms with Gasteiger partial charge in [-0.1, -0.05) is 30.3 Å². The number of rotatable bonds is 3. The lowest BCUT2D eigenvalue weighted by Gasteiger charge is -2.30. The molecule has 0 radical (unpaired) electrons. The van der Waals surface area contributed by atoms with Gasteiger partial charge in [-0.2, -0.15) is 0 Å². The van der Waals surface area contributed by atoms with E-state index in [-0.39, 0.29) is 18.5 Å². The van der Waals surface area contributed by atoms with Crippen LogP contribution in [0.1, 0.15) is 29.7 Å². The molecule has 1 aliphatic heterocycles. The lowest BCUT2D eigenvalue weighted by molar-refractivity contribution is -0.144. The number of benzene rings is 1. The highest BCUT2D eigenvalue weighted by Crippen LogP contribution is 2.58. The Labute approximate surface area is 143 Å². The molecule has 0 unspecified atom stereocenters. The van der Waals surface area contributed by atoms with Crippen molar-refractivity contribution < 1.29 is 19.1 Å². The minimum atomic E-state index is -1.10. The van der Waals surface area contributed by atoms with Gasteiger partial charge in [-0.3, -0.25) is 4.79 Å². The van der Waals surface area contributed by atoms with E-state index >= 15 is 0 Å². The molecule has 24 heavy (non-hydrogen) atoms. The topological polar surface area (TPSA) is 52.6 Å². The molecule has 1 aromatic carbocycles. The van der Waals surface area contributed by atoms with Gasteiger partial charge in [0.25, 0.3) is 0 Å². The third-order valence-electron chi connectivity index (χ3n) is 4.72. The summed E-state index contributed by atoms with van der Waals surface area (Å²) in [6.45, 7) is 2.03. The zero-order valence-electron chi connectivity index (χ0n) is 13.2. The normalized spacial score (nSPS) is 24.6. The van der Waals surface area contributed by atoms with Crippen LogP contribution in [-0.4, -0.2) is 18.5 Å². The van der Waals surface area contributed by atoms with Crippen molar-refractivity contribution in [3.05, 3.63) is 63.9 Å². The molecule has 1 aromatic heterocycles. The Balaban J connectivity index is 1.93. The first-order valence-corrected chi connectivity index (χ1v) is 8.80.